The van der Waals surface area contributed by atoms with Gasteiger partial charge < -0.3 is 20.2 Å². The van der Waals surface area contributed by atoms with Crippen LogP contribution < -0.4 is 20.4 Å². The Morgan fingerprint density at radius 3 is 2.73 bits per heavy atom. The normalized spacial score (nSPS) is 28.1. The van der Waals surface area contributed by atoms with Gasteiger partial charge in [-0.25, -0.2) is 9.37 Å². The van der Waals surface area contributed by atoms with E-state index in [1.54, 1.807) is 12.3 Å². The summed E-state index contributed by atoms with van der Waals surface area (Å²) >= 11 is 0. The van der Waals surface area contributed by atoms with E-state index in [4.69, 9.17) is 4.98 Å². The summed E-state index contributed by atoms with van der Waals surface area (Å²) in [5.74, 6) is 0.612. The SMILES string of the molecule is CN(C)[C@H]1CCN(c2ccc(Nc3ncc4c(n3)N(C3CCCC3)C(=O)C3(CCNC3O)C4)cc2F)C1. The molecule has 1 aromatic heterocycles. The van der Waals surface area contributed by atoms with Crippen LogP contribution in [0.15, 0.2) is 24.4 Å². The van der Waals surface area contributed by atoms with E-state index in [0.717, 1.165) is 50.8 Å². The predicted molar refractivity (Wildman–Crippen MR) is 141 cm³/mol. The Hall–Kier alpha value is -2.82. The van der Waals surface area contributed by atoms with Gasteiger partial charge >= 0.3 is 0 Å². The number of aliphatic hydroxyl groups excluding tert-OH is 1. The van der Waals surface area contributed by atoms with Crippen LogP contribution in [0.2, 0.25) is 0 Å². The van der Waals surface area contributed by atoms with Gasteiger partial charge in [0.1, 0.15) is 17.9 Å². The minimum atomic E-state index is -0.875. The molecule has 37 heavy (non-hydrogen) atoms. The van der Waals surface area contributed by atoms with Crippen molar-refractivity contribution in [1.82, 2.24) is 20.2 Å². The molecule has 3 N–H and O–H groups in total. The third-order valence-electron chi connectivity index (χ3n) is 8.78. The average Bonchev–Trinajstić information content (AvgIpc) is 3.63. The molecule has 3 atom stereocenters. The smallest absolute Gasteiger partial charge is 0.239 e. The molecule has 1 aliphatic carbocycles. The van der Waals surface area contributed by atoms with Crippen LogP contribution in [0.4, 0.5) is 27.5 Å². The maximum Gasteiger partial charge on any atom is 0.239 e. The second-order valence-electron chi connectivity index (χ2n) is 11.2. The van der Waals surface area contributed by atoms with Crippen molar-refractivity contribution < 1.29 is 14.3 Å². The molecule has 3 fully saturated rings. The number of aliphatic hydroxyl groups is 1. The standard InChI is InChI=1S/C27H36FN7O2/c1-33(2)20-9-12-34(16-20)22-8-7-18(13-21(22)28)31-26-30-15-17-14-27(10-11-29-24(27)36)25(37)35(23(17)32-26)19-5-3-4-6-19/h7-8,13,15,19-20,24,29,36H,3-6,9-12,14,16H2,1-2H3,(H,30,31,32)/t20-,24?,27?/m0/s1. The first kappa shape index (κ1) is 24.5. The van der Waals surface area contributed by atoms with Gasteiger partial charge in [-0.05, 0) is 70.9 Å². The molecule has 198 valence electrons. The van der Waals surface area contributed by atoms with Gasteiger partial charge in [0.25, 0.3) is 0 Å². The van der Waals surface area contributed by atoms with Gasteiger partial charge in [0.05, 0.1) is 11.1 Å². The van der Waals surface area contributed by atoms with Crippen molar-refractivity contribution in [3.63, 3.8) is 0 Å². The lowest BCUT2D eigenvalue weighted by atomic mass is 9.75. The van der Waals surface area contributed by atoms with Crippen molar-refractivity contribution >= 4 is 29.0 Å². The minimum absolute atomic E-state index is 0.0499. The lowest BCUT2D eigenvalue weighted by molar-refractivity contribution is -0.135. The number of carbonyl (C=O) groups excluding carboxylic acids is 1. The molecule has 0 bridgehead atoms. The summed E-state index contributed by atoms with van der Waals surface area (Å²) in [7, 11) is 4.12. The third-order valence-corrected chi connectivity index (χ3v) is 8.78. The van der Waals surface area contributed by atoms with E-state index in [0.29, 0.717) is 48.6 Å². The largest absolute Gasteiger partial charge is 0.377 e. The number of halogens is 1. The summed E-state index contributed by atoms with van der Waals surface area (Å²) in [6.07, 6.45) is 6.89. The highest BCUT2D eigenvalue weighted by Gasteiger charge is 2.55. The van der Waals surface area contributed by atoms with E-state index in [-0.39, 0.29) is 17.8 Å². The van der Waals surface area contributed by atoms with Crippen molar-refractivity contribution in [2.24, 2.45) is 5.41 Å². The Morgan fingerprint density at radius 2 is 2.05 bits per heavy atom. The number of fused-ring (bicyclic) bond motifs is 1. The lowest BCUT2D eigenvalue weighted by Gasteiger charge is -2.43. The highest BCUT2D eigenvalue weighted by atomic mass is 19.1. The average molecular weight is 510 g/mol. The fourth-order valence-electron chi connectivity index (χ4n) is 6.57. The van der Waals surface area contributed by atoms with Crippen LogP contribution >= 0.6 is 0 Å². The van der Waals surface area contributed by atoms with Gasteiger partial charge in [-0.3, -0.25) is 15.0 Å². The molecule has 2 saturated heterocycles. The molecule has 2 unspecified atom stereocenters. The second kappa shape index (κ2) is 9.49. The molecule has 1 spiro atoms. The topological polar surface area (TPSA) is 96.9 Å². The van der Waals surface area contributed by atoms with Gasteiger partial charge in [-0.1, -0.05) is 12.8 Å². The summed E-state index contributed by atoms with van der Waals surface area (Å²) in [6, 6.07) is 5.63. The number of hydrogen-bond acceptors (Lipinski definition) is 8. The molecule has 9 nitrogen and oxygen atoms in total. The van der Waals surface area contributed by atoms with Crippen LogP contribution in [0.5, 0.6) is 0 Å². The number of nitrogens with zero attached hydrogens (tertiary/aromatic N) is 5. The maximum atomic E-state index is 15.1. The quantitative estimate of drug-likeness (QED) is 0.566. The molecule has 1 amide bonds. The van der Waals surface area contributed by atoms with Crippen LogP contribution in [0.3, 0.4) is 0 Å². The Bertz CT molecular complexity index is 1190. The number of carbonyl (C=O) groups is 1. The summed E-state index contributed by atoms with van der Waals surface area (Å²) in [4.78, 5) is 29.2. The Labute approximate surface area is 217 Å². The molecule has 6 rings (SSSR count). The first-order valence-corrected chi connectivity index (χ1v) is 13.4. The fourth-order valence-corrected chi connectivity index (χ4v) is 6.57. The molecule has 4 aliphatic rings. The van der Waals surface area contributed by atoms with Crippen molar-refractivity contribution in [1.29, 1.82) is 0 Å². The summed E-state index contributed by atoms with van der Waals surface area (Å²) in [5.41, 5.74) is 1.17. The number of rotatable bonds is 5. The van der Waals surface area contributed by atoms with Gasteiger partial charge in [0, 0.05) is 42.6 Å². The Kier molecular flexibility index (Phi) is 6.29. The zero-order chi connectivity index (χ0) is 25.7. The second-order valence-corrected chi connectivity index (χ2v) is 11.2. The molecule has 10 heteroatoms. The number of likely N-dealkylation sites (N-methyl/N-ethyl adjacent to an activating group) is 1. The summed E-state index contributed by atoms with van der Waals surface area (Å²) < 4.78 is 15.1. The van der Waals surface area contributed by atoms with Crippen molar-refractivity contribution in [3.8, 4) is 0 Å². The van der Waals surface area contributed by atoms with E-state index in [9.17, 15) is 9.90 Å². The van der Waals surface area contributed by atoms with E-state index in [1.807, 2.05) is 11.0 Å². The zero-order valence-corrected chi connectivity index (χ0v) is 21.6. The first-order chi connectivity index (χ1) is 17.9. The number of benzene rings is 1. The Morgan fingerprint density at radius 1 is 1.24 bits per heavy atom. The van der Waals surface area contributed by atoms with Gasteiger partial charge in [-0.2, -0.15) is 4.98 Å². The van der Waals surface area contributed by atoms with Crippen LogP contribution in [0, 0.1) is 11.2 Å². The number of hydrogen-bond donors (Lipinski definition) is 3. The molecule has 3 aliphatic heterocycles. The van der Waals surface area contributed by atoms with Crippen LogP contribution in [0.1, 0.15) is 44.1 Å². The number of anilines is 4. The lowest BCUT2D eigenvalue weighted by Crippen LogP contribution is -2.57. The number of nitrogens with one attached hydrogen (secondary N) is 2. The highest BCUT2D eigenvalue weighted by molar-refractivity contribution is 6.01. The molecule has 2 aromatic rings. The van der Waals surface area contributed by atoms with Crippen LogP contribution in [-0.4, -0.2) is 77.9 Å². The highest BCUT2D eigenvalue weighted by Crippen LogP contribution is 2.45. The van der Waals surface area contributed by atoms with Gasteiger partial charge in [0.2, 0.25) is 11.9 Å². The van der Waals surface area contributed by atoms with E-state index >= 15 is 4.39 Å². The molecule has 0 radical (unpaired) electrons. The zero-order valence-electron chi connectivity index (χ0n) is 21.6. The predicted octanol–water partition coefficient (Wildman–Crippen LogP) is 2.63. The van der Waals surface area contributed by atoms with Gasteiger partial charge in [0.15, 0.2) is 0 Å². The minimum Gasteiger partial charge on any atom is -0.377 e. The van der Waals surface area contributed by atoms with Crippen LogP contribution in [-0.2, 0) is 11.2 Å². The summed E-state index contributed by atoms with van der Waals surface area (Å²) in [5, 5.41) is 16.9. The van der Waals surface area contributed by atoms with E-state index in [2.05, 4.69) is 39.5 Å². The van der Waals surface area contributed by atoms with E-state index < -0.39 is 11.6 Å². The Balaban J connectivity index is 1.26. The molecule has 1 saturated carbocycles. The fraction of sp³-hybridized carbons (Fsp3) is 0.593. The number of aromatic nitrogens is 2. The molecular weight excluding hydrogens is 473 g/mol. The first-order valence-electron chi connectivity index (χ1n) is 13.4. The van der Waals surface area contributed by atoms with Crippen molar-refractivity contribution in [3.05, 3.63) is 35.8 Å². The summed E-state index contributed by atoms with van der Waals surface area (Å²) in [6.45, 7) is 2.24. The monoisotopic (exact) mass is 509 g/mol. The van der Waals surface area contributed by atoms with Crippen molar-refractivity contribution in [2.75, 3.05) is 48.8 Å². The number of amides is 1. The maximum absolute atomic E-state index is 15.1. The molecular formula is C27H36FN7O2. The van der Waals surface area contributed by atoms with Crippen LogP contribution in [0.25, 0.3) is 0 Å². The van der Waals surface area contributed by atoms with Gasteiger partial charge in [-0.15, -0.1) is 0 Å². The van der Waals surface area contributed by atoms with Crippen molar-refractivity contribution in [2.45, 2.75) is 63.3 Å². The molecule has 1 aromatic carbocycles. The third kappa shape index (κ3) is 4.24. The van der Waals surface area contributed by atoms with E-state index in [1.165, 1.54) is 6.07 Å². The molecule has 4 heterocycles.